The summed E-state index contributed by atoms with van der Waals surface area (Å²) in [4.78, 5) is 27.6. The Kier molecular flexibility index (Phi) is 7.67. The van der Waals surface area contributed by atoms with Gasteiger partial charge in [0.1, 0.15) is 11.8 Å². The zero-order valence-electron chi connectivity index (χ0n) is 14.2. The molecule has 0 saturated heterocycles. The summed E-state index contributed by atoms with van der Waals surface area (Å²) in [6, 6.07) is 3.08. The van der Waals surface area contributed by atoms with Gasteiger partial charge in [0.05, 0.1) is 6.04 Å². The Morgan fingerprint density at radius 2 is 1.96 bits per heavy atom. The Hall–Kier alpha value is -2.81. The summed E-state index contributed by atoms with van der Waals surface area (Å²) >= 11 is 0. The molecule has 0 aliphatic heterocycles. The molecule has 1 aromatic carbocycles. The van der Waals surface area contributed by atoms with Crippen LogP contribution in [-0.2, 0) is 16.0 Å². The van der Waals surface area contributed by atoms with Crippen LogP contribution < -0.4 is 28.3 Å². The summed E-state index contributed by atoms with van der Waals surface area (Å²) in [6.07, 6.45) is 1.12. The Morgan fingerprint density at radius 1 is 1.28 bits per heavy atom. The third-order valence-electron chi connectivity index (χ3n) is 3.71. The maximum Gasteiger partial charge on any atom is 0.240 e. The van der Waals surface area contributed by atoms with Gasteiger partial charge < -0.3 is 33.4 Å². The van der Waals surface area contributed by atoms with Crippen molar-refractivity contribution in [1.82, 2.24) is 5.32 Å². The predicted molar refractivity (Wildman–Crippen MR) is 95.6 cm³/mol. The molecule has 0 spiro atoms. The SMILES string of the molecule is Cc1cc(O)ccc1C[C@H](NC(=O)[C@@H](N)CCCN=C(N)N)C(N)=O. The van der Waals surface area contributed by atoms with E-state index in [9.17, 15) is 14.7 Å². The highest BCUT2D eigenvalue weighted by Crippen LogP contribution is 2.17. The lowest BCUT2D eigenvalue weighted by Gasteiger charge is -2.19. The van der Waals surface area contributed by atoms with Gasteiger partial charge in [-0.3, -0.25) is 14.6 Å². The molecule has 25 heavy (non-hydrogen) atoms. The number of primary amides is 1. The first-order valence-electron chi connectivity index (χ1n) is 7.90. The normalized spacial score (nSPS) is 12.9. The van der Waals surface area contributed by atoms with Crippen molar-refractivity contribution in [2.45, 2.75) is 38.3 Å². The minimum Gasteiger partial charge on any atom is -0.508 e. The molecule has 0 radical (unpaired) electrons. The highest BCUT2D eigenvalue weighted by atomic mass is 16.3. The lowest BCUT2D eigenvalue weighted by Crippen LogP contribution is -2.51. The van der Waals surface area contributed by atoms with Crippen molar-refractivity contribution in [1.29, 1.82) is 0 Å². The van der Waals surface area contributed by atoms with Crippen LogP contribution in [0.3, 0.4) is 0 Å². The van der Waals surface area contributed by atoms with Crippen LogP contribution in [0.2, 0.25) is 0 Å². The number of amides is 2. The Morgan fingerprint density at radius 3 is 2.52 bits per heavy atom. The van der Waals surface area contributed by atoms with E-state index in [1.165, 1.54) is 6.07 Å². The highest BCUT2D eigenvalue weighted by molar-refractivity contribution is 5.89. The minimum atomic E-state index is -0.889. The van der Waals surface area contributed by atoms with Gasteiger partial charge in [-0.25, -0.2) is 0 Å². The van der Waals surface area contributed by atoms with E-state index in [-0.39, 0.29) is 18.1 Å². The van der Waals surface area contributed by atoms with Crippen LogP contribution in [0.25, 0.3) is 0 Å². The van der Waals surface area contributed by atoms with Crippen molar-refractivity contribution in [2.75, 3.05) is 6.54 Å². The number of nitrogens with zero attached hydrogens (tertiary/aromatic N) is 1. The molecule has 0 aliphatic rings. The number of nitrogens with one attached hydrogen (secondary N) is 1. The Labute approximate surface area is 146 Å². The molecule has 138 valence electrons. The lowest BCUT2D eigenvalue weighted by atomic mass is 10.00. The molecule has 9 heteroatoms. The molecule has 10 N–H and O–H groups in total. The molecule has 0 aliphatic carbocycles. The summed E-state index contributed by atoms with van der Waals surface area (Å²) < 4.78 is 0. The summed E-state index contributed by atoms with van der Waals surface area (Å²) in [6.45, 7) is 2.17. The van der Waals surface area contributed by atoms with Crippen molar-refractivity contribution in [3.63, 3.8) is 0 Å². The number of hydrogen-bond acceptors (Lipinski definition) is 5. The number of phenols is 1. The molecule has 0 aromatic heterocycles. The summed E-state index contributed by atoms with van der Waals surface area (Å²) in [5.74, 6) is -1.02. The van der Waals surface area contributed by atoms with Crippen LogP contribution >= 0.6 is 0 Å². The van der Waals surface area contributed by atoms with E-state index < -0.39 is 23.9 Å². The van der Waals surface area contributed by atoms with Gasteiger partial charge in [0.25, 0.3) is 0 Å². The van der Waals surface area contributed by atoms with E-state index in [2.05, 4.69) is 10.3 Å². The van der Waals surface area contributed by atoms with Crippen LogP contribution in [0.4, 0.5) is 0 Å². The Bertz CT molecular complexity index is 643. The molecular weight excluding hydrogens is 324 g/mol. The summed E-state index contributed by atoms with van der Waals surface area (Å²) in [7, 11) is 0. The van der Waals surface area contributed by atoms with E-state index in [1.807, 2.05) is 0 Å². The molecule has 0 saturated carbocycles. The first-order chi connectivity index (χ1) is 11.7. The summed E-state index contributed by atoms with van der Waals surface area (Å²) in [5, 5.41) is 12.0. The smallest absolute Gasteiger partial charge is 0.240 e. The number of carbonyl (C=O) groups excluding carboxylic acids is 2. The van der Waals surface area contributed by atoms with Crippen LogP contribution in [0.15, 0.2) is 23.2 Å². The van der Waals surface area contributed by atoms with Gasteiger partial charge >= 0.3 is 0 Å². The molecule has 0 unspecified atom stereocenters. The van der Waals surface area contributed by atoms with Crippen LogP contribution in [-0.4, -0.2) is 41.5 Å². The number of benzene rings is 1. The minimum absolute atomic E-state index is 0.0175. The van der Waals surface area contributed by atoms with Crippen molar-refractivity contribution < 1.29 is 14.7 Å². The molecular formula is C16H26N6O3. The quantitative estimate of drug-likeness (QED) is 0.181. The first kappa shape index (κ1) is 20.2. The topological polar surface area (TPSA) is 183 Å². The number of carbonyl (C=O) groups is 2. The molecule has 1 aromatic rings. The second-order valence-electron chi connectivity index (χ2n) is 5.83. The zero-order valence-corrected chi connectivity index (χ0v) is 14.2. The monoisotopic (exact) mass is 350 g/mol. The number of guanidine groups is 1. The van der Waals surface area contributed by atoms with Crippen LogP contribution in [0, 0.1) is 6.92 Å². The van der Waals surface area contributed by atoms with Crippen molar-refractivity contribution >= 4 is 17.8 Å². The fraction of sp³-hybridized carbons (Fsp3) is 0.438. The largest absolute Gasteiger partial charge is 0.508 e. The van der Waals surface area contributed by atoms with E-state index in [1.54, 1.807) is 19.1 Å². The second-order valence-corrected chi connectivity index (χ2v) is 5.83. The van der Waals surface area contributed by atoms with Gasteiger partial charge in [0, 0.05) is 13.0 Å². The number of nitrogens with two attached hydrogens (primary N) is 4. The number of aryl methyl sites for hydroxylation is 1. The number of rotatable bonds is 9. The number of aromatic hydroxyl groups is 1. The third kappa shape index (κ3) is 7.08. The molecule has 9 nitrogen and oxygen atoms in total. The van der Waals surface area contributed by atoms with Crippen LogP contribution in [0.1, 0.15) is 24.0 Å². The zero-order chi connectivity index (χ0) is 19.0. The van der Waals surface area contributed by atoms with E-state index in [0.29, 0.717) is 19.4 Å². The van der Waals surface area contributed by atoms with E-state index >= 15 is 0 Å². The van der Waals surface area contributed by atoms with Crippen molar-refractivity contribution in [2.24, 2.45) is 27.9 Å². The van der Waals surface area contributed by atoms with E-state index in [4.69, 9.17) is 22.9 Å². The number of phenolic OH excluding ortho intramolecular Hbond substituents is 1. The van der Waals surface area contributed by atoms with Gasteiger partial charge in [-0.15, -0.1) is 0 Å². The van der Waals surface area contributed by atoms with E-state index in [0.717, 1.165) is 11.1 Å². The Balaban J connectivity index is 2.63. The number of aliphatic imine (C=N–C) groups is 1. The molecule has 2 amide bonds. The number of hydrogen-bond donors (Lipinski definition) is 6. The second kappa shape index (κ2) is 9.48. The molecule has 1 rings (SSSR count). The fourth-order valence-corrected chi connectivity index (χ4v) is 2.28. The fourth-order valence-electron chi connectivity index (χ4n) is 2.28. The average molecular weight is 350 g/mol. The molecule has 0 fully saturated rings. The van der Waals surface area contributed by atoms with Gasteiger partial charge in [-0.2, -0.15) is 0 Å². The van der Waals surface area contributed by atoms with Gasteiger partial charge in [0.15, 0.2) is 5.96 Å². The van der Waals surface area contributed by atoms with Gasteiger partial charge in [-0.1, -0.05) is 6.07 Å². The van der Waals surface area contributed by atoms with Crippen molar-refractivity contribution in [3.8, 4) is 5.75 Å². The molecule has 0 heterocycles. The highest BCUT2D eigenvalue weighted by Gasteiger charge is 2.22. The van der Waals surface area contributed by atoms with Crippen LogP contribution in [0.5, 0.6) is 5.75 Å². The predicted octanol–water partition coefficient (Wildman–Crippen LogP) is -1.41. The van der Waals surface area contributed by atoms with Crippen molar-refractivity contribution in [3.05, 3.63) is 29.3 Å². The standard InChI is InChI=1S/C16H26N6O3/c1-9-7-11(23)5-4-10(9)8-13(14(18)24)22-15(25)12(17)3-2-6-21-16(19)20/h4-5,7,12-13,23H,2-3,6,8,17H2,1H3,(H2,18,24)(H,22,25)(H4,19,20,21)/t12-,13-/m0/s1. The van der Waals surface area contributed by atoms with Gasteiger partial charge in [0.2, 0.25) is 11.8 Å². The maximum absolute atomic E-state index is 12.1. The average Bonchev–Trinajstić information content (AvgIpc) is 2.52. The first-order valence-corrected chi connectivity index (χ1v) is 7.90. The molecule has 0 bridgehead atoms. The third-order valence-corrected chi connectivity index (χ3v) is 3.71. The lowest BCUT2D eigenvalue weighted by molar-refractivity contribution is -0.128. The molecule has 2 atom stereocenters. The maximum atomic E-state index is 12.1. The van der Waals surface area contributed by atoms with Gasteiger partial charge in [-0.05, 0) is 43.0 Å². The summed E-state index contributed by atoms with van der Waals surface area (Å²) in [5.41, 5.74) is 23.2.